The standard InChI is InChI=1S/C13H14N4O/c1-9-5-12(16-18-9)8-17(2)13-4-3-11(15)6-10(13)7-14/h3-6H,8,15H2,1-2H3. The molecule has 2 rings (SSSR count). The van der Waals surface area contributed by atoms with E-state index in [0.29, 0.717) is 17.8 Å². The monoisotopic (exact) mass is 242 g/mol. The Morgan fingerprint density at radius 3 is 2.83 bits per heavy atom. The van der Waals surface area contributed by atoms with Gasteiger partial charge in [0.1, 0.15) is 17.5 Å². The highest BCUT2D eigenvalue weighted by atomic mass is 16.5. The summed E-state index contributed by atoms with van der Waals surface area (Å²) < 4.78 is 5.02. The fourth-order valence-corrected chi connectivity index (χ4v) is 1.80. The molecular weight excluding hydrogens is 228 g/mol. The summed E-state index contributed by atoms with van der Waals surface area (Å²) in [6, 6.07) is 9.30. The van der Waals surface area contributed by atoms with Crippen LogP contribution in [0.3, 0.4) is 0 Å². The average Bonchev–Trinajstić information content (AvgIpc) is 2.74. The molecule has 0 aliphatic carbocycles. The highest BCUT2D eigenvalue weighted by Crippen LogP contribution is 2.22. The lowest BCUT2D eigenvalue weighted by Gasteiger charge is -2.19. The molecule has 0 saturated carbocycles. The van der Waals surface area contributed by atoms with Crippen molar-refractivity contribution in [3.8, 4) is 6.07 Å². The van der Waals surface area contributed by atoms with Gasteiger partial charge in [0.2, 0.25) is 0 Å². The third-order valence-corrected chi connectivity index (χ3v) is 2.63. The second-order valence-corrected chi connectivity index (χ2v) is 4.17. The van der Waals surface area contributed by atoms with Crippen LogP contribution < -0.4 is 10.6 Å². The van der Waals surface area contributed by atoms with Crippen molar-refractivity contribution in [1.29, 1.82) is 5.26 Å². The number of aryl methyl sites for hydroxylation is 1. The second-order valence-electron chi connectivity index (χ2n) is 4.17. The lowest BCUT2D eigenvalue weighted by molar-refractivity contribution is 0.390. The van der Waals surface area contributed by atoms with Crippen molar-refractivity contribution in [3.63, 3.8) is 0 Å². The number of hydrogen-bond donors (Lipinski definition) is 1. The first kappa shape index (κ1) is 12.0. The summed E-state index contributed by atoms with van der Waals surface area (Å²) in [5.41, 5.74) is 8.46. The zero-order valence-corrected chi connectivity index (χ0v) is 10.3. The SMILES string of the molecule is Cc1cc(CN(C)c2ccc(N)cc2C#N)no1. The number of anilines is 2. The molecule has 1 aromatic heterocycles. The van der Waals surface area contributed by atoms with Crippen LogP contribution in [-0.2, 0) is 6.54 Å². The fourth-order valence-electron chi connectivity index (χ4n) is 1.80. The Hall–Kier alpha value is -2.48. The topological polar surface area (TPSA) is 79.1 Å². The molecule has 2 aromatic rings. The Kier molecular flexibility index (Phi) is 3.20. The van der Waals surface area contributed by atoms with Crippen LogP contribution in [0.15, 0.2) is 28.8 Å². The maximum Gasteiger partial charge on any atom is 0.133 e. The first-order valence-electron chi connectivity index (χ1n) is 5.53. The van der Waals surface area contributed by atoms with Gasteiger partial charge in [-0.25, -0.2) is 0 Å². The first-order chi connectivity index (χ1) is 8.60. The molecule has 0 saturated heterocycles. The summed E-state index contributed by atoms with van der Waals surface area (Å²) in [6.07, 6.45) is 0. The molecule has 0 aliphatic heterocycles. The van der Waals surface area contributed by atoms with E-state index in [1.807, 2.05) is 31.0 Å². The molecule has 0 fully saturated rings. The number of nitriles is 1. The maximum absolute atomic E-state index is 9.10. The van der Waals surface area contributed by atoms with Crippen LogP contribution >= 0.6 is 0 Å². The van der Waals surface area contributed by atoms with Crippen LogP contribution in [0, 0.1) is 18.3 Å². The summed E-state index contributed by atoms with van der Waals surface area (Å²) in [7, 11) is 1.90. The van der Waals surface area contributed by atoms with Gasteiger partial charge in [-0.2, -0.15) is 5.26 Å². The highest BCUT2D eigenvalue weighted by Gasteiger charge is 2.10. The van der Waals surface area contributed by atoms with Gasteiger partial charge in [-0.1, -0.05) is 5.16 Å². The molecule has 0 spiro atoms. The van der Waals surface area contributed by atoms with Crippen molar-refractivity contribution in [2.75, 3.05) is 17.7 Å². The molecule has 5 heteroatoms. The van der Waals surface area contributed by atoms with E-state index in [-0.39, 0.29) is 0 Å². The van der Waals surface area contributed by atoms with E-state index in [1.54, 1.807) is 12.1 Å². The van der Waals surface area contributed by atoms with Crippen molar-refractivity contribution in [1.82, 2.24) is 5.16 Å². The van der Waals surface area contributed by atoms with Gasteiger partial charge in [0.05, 0.1) is 17.8 Å². The third kappa shape index (κ3) is 2.43. The minimum absolute atomic E-state index is 0.553. The second kappa shape index (κ2) is 4.80. The van der Waals surface area contributed by atoms with E-state index in [4.69, 9.17) is 15.5 Å². The van der Waals surface area contributed by atoms with Gasteiger partial charge >= 0.3 is 0 Å². The van der Waals surface area contributed by atoms with Crippen LogP contribution in [0.4, 0.5) is 11.4 Å². The van der Waals surface area contributed by atoms with Crippen molar-refractivity contribution in [2.24, 2.45) is 0 Å². The van der Waals surface area contributed by atoms with Crippen LogP contribution in [0.2, 0.25) is 0 Å². The quantitative estimate of drug-likeness (QED) is 0.833. The molecule has 0 radical (unpaired) electrons. The summed E-state index contributed by atoms with van der Waals surface area (Å²) >= 11 is 0. The predicted octanol–water partition coefficient (Wildman–Crippen LogP) is 2.07. The molecule has 18 heavy (non-hydrogen) atoms. The van der Waals surface area contributed by atoms with E-state index in [0.717, 1.165) is 17.1 Å². The molecule has 1 heterocycles. The molecule has 0 atom stereocenters. The van der Waals surface area contributed by atoms with Gasteiger partial charge in [0.15, 0.2) is 0 Å². The zero-order chi connectivity index (χ0) is 13.1. The number of aromatic nitrogens is 1. The van der Waals surface area contributed by atoms with E-state index in [2.05, 4.69) is 11.2 Å². The number of rotatable bonds is 3. The van der Waals surface area contributed by atoms with Crippen LogP contribution in [0.25, 0.3) is 0 Å². The summed E-state index contributed by atoms with van der Waals surface area (Å²) in [4.78, 5) is 1.94. The summed E-state index contributed by atoms with van der Waals surface area (Å²) in [5.74, 6) is 0.774. The van der Waals surface area contributed by atoms with Crippen molar-refractivity contribution >= 4 is 11.4 Å². The molecule has 92 valence electrons. The average molecular weight is 242 g/mol. The molecule has 2 N–H and O–H groups in total. The van der Waals surface area contributed by atoms with Gasteiger partial charge in [-0.05, 0) is 25.1 Å². The zero-order valence-electron chi connectivity index (χ0n) is 10.3. The lowest BCUT2D eigenvalue weighted by atomic mass is 10.1. The normalized spacial score (nSPS) is 10.1. The molecule has 0 bridgehead atoms. The van der Waals surface area contributed by atoms with Crippen molar-refractivity contribution in [2.45, 2.75) is 13.5 Å². The number of nitrogens with two attached hydrogens (primary N) is 1. The van der Waals surface area contributed by atoms with Gasteiger partial charge < -0.3 is 15.2 Å². The third-order valence-electron chi connectivity index (χ3n) is 2.63. The smallest absolute Gasteiger partial charge is 0.133 e. The molecule has 0 amide bonds. The molecular formula is C13H14N4O. The van der Waals surface area contributed by atoms with Crippen molar-refractivity contribution in [3.05, 3.63) is 41.3 Å². The largest absolute Gasteiger partial charge is 0.399 e. The van der Waals surface area contributed by atoms with Crippen LogP contribution in [0.5, 0.6) is 0 Å². The number of hydrogen-bond acceptors (Lipinski definition) is 5. The molecule has 0 unspecified atom stereocenters. The Labute approximate surface area is 105 Å². The van der Waals surface area contributed by atoms with E-state index < -0.39 is 0 Å². The van der Waals surface area contributed by atoms with Crippen LogP contribution in [0.1, 0.15) is 17.0 Å². The van der Waals surface area contributed by atoms with Crippen molar-refractivity contribution < 1.29 is 4.52 Å². The maximum atomic E-state index is 9.10. The first-order valence-corrected chi connectivity index (χ1v) is 5.53. The lowest BCUT2D eigenvalue weighted by Crippen LogP contribution is -2.17. The van der Waals surface area contributed by atoms with E-state index in [9.17, 15) is 0 Å². The minimum atomic E-state index is 0.553. The highest BCUT2D eigenvalue weighted by molar-refractivity contribution is 5.64. The van der Waals surface area contributed by atoms with Crippen LogP contribution in [-0.4, -0.2) is 12.2 Å². The van der Waals surface area contributed by atoms with Gasteiger partial charge in [-0.15, -0.1) is 0 Å². The van der Waals surface area contributed by atoms with Gasteiger partial charge in [-0.3, -0.25) is 0 Å². The van der Waals surface area contributed by atoms with Gasteiger partial charge in [0, 0.05) is 18.8 Å². The Morgan fingerprint density at radius 1 is 1.44 bits per heavy atom. The number of nitrogen functional groups attached to an aromatic ring is 1. The molecule has 5 nitrogen and oxygen atoms in total. The van der Waals surface area contributed by atoms with E-state index >= 15 is 0 Å². The Balaban J connectivity index is 2.24. The Bertz CT molecular complexity index is 597. The molecule has 1 aromatic carbocycles. The number of benzene rings is 1. The number of nitrogens with zero attached hydrogens (tertiary/aromatic N) is 3. The fraction of sp³-hybridized carbons (Fsp3) is 0.231. The van der Waals surface area contributed by atoms with E-state index in [1.165, 1.54) is 0 Å². The minimum Gasteiger partial charge on any atom is -0.399 e. The summed E-state index contributed by atoms with van der Waals surface area (Å²) in [6.45, 7) is 2.43. The van der Waals surface area contributed by atoms with Gasteiger partial charge in [0.25, 0.3) is 0 Å². The predicted molar refractivity (Wildman–Crippen MR) is 68.9 cm³/mol. The Morgan fingerprint density at radius 2 is 2.22 bits per heavy atom. The molecule has 0 aliphatic rings. The summed E-state index contributed by atoms with van der Waals surface area (Å²) in [5, 5.41) is 13.0.